The second-order valence-electron chi connectivity index (χ2n) is 5.93. The predicted octanol–water partition coefficient (Wildman–Crippen LogP) is 2.59. The lowest BCUT2D eigenvalue weighted by molar-refractivity contribution is 0.0696. The van der Waals surface area contributed by atoms with E-state index in [9.17, 15) is 9.18 Å². The average molecular weight is 292 g/mol. The van der Waals surface area contributed by atoms with Gasteiger partial charge in [-0.15, -0.1) is 0 Å². The molecule has 1 aliphatic carbocycles. The number of piperazine rings is 1. The number of carbonyl (C=O) groups is 1. The summed E-state index contributed by atoms with van der Waals surface area (Å²) in [6.07, 6.45) is 5.25. The van der Waals surface area contributed by atoms with E-state index in [0.717, 1.165) is 32.2 Å². The van der Waals surface area contributed by atoms with Gasteiger partial charge in [-0.3, -0.25) is 4.90 Å². The molecule has 0 unspecified atom stereocenters. The van der Waals surface area contributed by atoms with Gasteiger partial charge in [0.1, 0.15) is 5.82 Å². The molecule has 0 aromatic heterocycles. The van der Waals surface area contributed by atoms with Gasteiger partial charge in [-0.25, -0.2) is 9.18 Å². The molecule has 1 saturated heterocycles. The fraction of sp³-hybridized carbons (Fsp3) is 0.562. The molecule has 3 rings (SSSR count). The second kappa shape index (κ2) is 6.02. The maximum atomic E-state index is 14.1. The van der Waals surface area contributed by atoms with Gasteiger partial charge in [-0.2, -0.15) is 0 Å². The van der Waals surface area contributed by atoms with Crippen molar-refractivity contribution >= 4 is 11.7 Å². The van der Waals surface area contributed by atoms with Crippen LogP contribution in [0.3, 0.4) is 0 Å². The molecule has 1 aromatic carbocycles. The summed E-state index contributed by atoms with van der Waals surface area (Å²) in [7, 11) is 0. The van der Waals surface area contributed by atoms with Gasteiger partial charge in [-0.05, 0) is 31.0 Å². The topological polar surface area (TPSA) is 43.8 Å². The number of anilines is 1. The number of aromatic carboxylic acids is 1. The largest absolute Gasteiger partial charge is 0.478 e. The maximum absolute atomic E-state index is 14.1. The van der Waals surface area contributed by atoms with Gasteiger partial charge in [0.05, 0.1) is 11.3 Å². The molecule has 1 heterocycles. The molecule has 21 heavy (non-hydrogen) atoms. The first-order chi connectivity index (χ1) is 10.1. The normalized spacial score (nSPS) is 20.9. The van der Waals surface area contributed by atoms with Crippen LogP contribution in [0.25, 0.3) is 0 Å². The van der Waals surface area contributed by atoms with E-state index in [1.54, 1.807) is 6.07 Å². The van der Waals surface area contributed by atoms with Crippen LogP contribution in [0.15, 0.2) is 18.2 Å². The SMILES string of the molecule is O=C(O)c1ccc(N2CCN(C3CCCC3)CC2)c(F)c1. The minimum atomic E-state index is -1.09. The molecule has 0 radical (unpaired) electrons. The van der Waals surface area contributed by atoms with Gasteiger partial charge < -0.3 is 10.0 Å². The monoisotopic (exact) mass is 292 g/mol. The molecule has 0 spiro atoms. The van der Waals surface area contributed by atoms with Crippen LogP contribution in [-0.2, 0) is 0 Å². The Morgan fingerprint density at radius 2 is 1.81 bits per heavy atom. The van der Waals surface area contributed by atoms with E-state index in [1.165, 1.54) is 31.7 Å². The molecular weight excluding hydrogens is 271 g/mol. The van der Waals surface area contributed by atoms with E-state index >= 15 is 0 Å². The number of hydrogen-bond donors (Lipinski definition) is 1. The number of rotatable bonds is 3. The summed E-state index contributed by atoms with van der Waals surface area (Å²) >= 11 is 0. The van der Waals surface area contributed by atoms with Gasteiger partial charge in [0.25, 0.3) is 0 Å². The standard InChI is InChI=1S/C16H21FN2O2/c17-14-11-12(16(20)21)5-6-15(14)19-9-7-18(8-10-19)13-3-1-2-4-13/h5-6,11,13H,1-4,7-10H2,(H,20,21). The number of carboxylic acids is 1. The van der Waals surface area contributed by atoms with E-state index < -0.39 is 11.8 Å². The Kier molecular flexibility index (Phi) is 4.10. The second-order valence-corrected chi connectivity index (χ2v) is 5.93. The van der Waals surface area contributed by atoms with Crippen LogP contribution >= 0.6 is 0 Å². The number of benzene rings is 1. The lowest BCUT2D eigenvalue weighted by atomic mass is 10.1. The van der Waals surface area contributed by atoms with Crippen molar-refractivity contribution in [2.75, 3.05) is 31.1 Å². The van der Waals surface area contributed by atoms with Crippen LogP contribution in [-0.4, -0.2) is 48.2 Å². The molecule has 5 heteroatoms. The van der Waals surface area contributed by atoms with Crippen LogP contribution in [0.1, 0.15) is 36.0 Å². The van der Waals surface area contributed by atoms with E-state index in [-0.39, 0.29) is 5.56 Å². The van der Waals surface area contributed by atoms with Crippen LogP contribution in [0, 0.1) is 5.82 Å². The summed E-state index contributed by atoms with van der Waals surface area (Å²) < 4.78 is 14.1. The number of carboxylic acid groups (broad SMARTS) is 1. The zero-order valence-corrected chi connectivity index (χ0v) is 12.1. The summed E-state index contributed by atoms with van der Waals surface area (Å²) in [6, 6.07) is 4.89. The van der Waals surface area contributed by atoms with Crippen molar-refractivity contribution < 1.29 is 14.3 Å². The maximum Gasteiger partial charge on any atom is 0.335 e. The van der Waals surface area contributed by atoms with E-state index in [1.807, 2.05) is 4.90 Å². The Hall–Kier alpha value is -1.62. The first-order valence-corrected chi connectivity index (χ1v) is 7.67. The highest BCUT2D eigenvalue weighted by Gasteiger charge is 2.27. The zero-order valence-electron chi connectivity index (χ0n) is 12.1. The van der Waals surface area contributed by atoms with Crippen molar-refractivity contribution in [1.82, 2.24) is 4.90 Å². The van der Waals surface area contributed by atoms with Crippen LogP contribution in [0.4, 0.5) is 10.1 Å². The third kappa shape index (κ3) is 3.02. The molecule has 0 atom stereocenters. The Morgan fingerprint density at radius 3 is 2.38 bits per heavy atom. The molecule has 1 aliphatic heterocycles. The first kappa shape index (κ1) is 14.3. The number of hydrogen-bond acceptors (Lipinski definition) is 3. The summed E-state index contributed by atoms with van der Waals surface area (Å²) in [6.45, 7) is 3.54. The molecule has 114 valence electrons. The quantitative estimate of drug-likeness (QED) is 0.930. The molecule has 1 N–H and O–H groups in total. The fourth-order valence-corrected chi connectivity index (χ4v) is 3.49. The highest BCUT2D eigenvalue weighted by atomic mass is 19.1. The molecule has 2 aliphatic rings. The fourth-order valence-electron chi connectivity index (χ4n) is 3.49. The molecule has 0 bridgehead atoms. The van der Waals surface area contributed by atoms with E-state index in [0.29, 0.717) is 11.7 Å². The van der Waals surface area contributed by atoms with Crippen molar-refractivity contribution in [3.05, 3.63) is 29.6 Å². The molecule has 0 amide bonds. The first-order valence-electron chi connectivity index (χ1n) is 7.67. The number of nitrogens with zero attached hydrogens (tertiary/aromatic N) is 2. The highest BCUT2D eigenvalue weighted by molar-refractivity contribution is 5.88. The minimum Gasteiger partial charge on any atom is -0.478 e. The van der Waals surface area contributed by atoms with Gasteiger partial charge in [0.2, 0.25) is 0 Å². The number of halogens is 1. The third-order valence-corrected chi connectivity index (χ3v) is 4.69. The summed E-state index contributed by atoms with van der Waals surface area (Å²) in [5.41, 5.74) is 0.520. The van der Waals surface area contributed by atoms with E-state index in [4.69, 9.17) is 5.11 Å². The van der Waals surface area contributed by atoms with Crippen LogP contribution in [0.2, 0.25) is 0 Å². The zero-order chi connectivity index (χ0) is 14.8. The Balaban J connectivity index is 1.65. The smallest absolute Gasteiger partial charge is 0.335 e. The Bertz CT molecular complexity index is 521. The third-order valence-electron chi connectivity index (χ3n) is 4.69. The van der Waals surface area contributed by atoms with Crippen LogP contribution in [0.5, 0.6) is 0 Å². The minimum absolute atomic E-state index is 0.000779. The molecule has 1 aromatic rings. The lowest BCUT2D eigenvalue weighted by Gasteiger charge is -2.39. The average Bonchev–Trinajstić information content (AvgIpc) is 3.01. The van der Waals surface area contributed by atoms with Gasteiger partial charge in [0.15, 0.2) is 0 Å². The molecular formula is C16H21FN2O2. The van der Waals surface area contributed by atoms with Crippen molar-refractivity contribution in [2.24, 2.45) is 0 Å². The summed E-state index contributed by atoms with van der Waals surface area (Å²) in [5, 5.41) is 8.88. The Labute approximate surface area is 124 Å². The van der Waals surface area contributed by atoms with Crippen LogP contribution < -0.4 is 4.90 Å². The summed E-state index contributed by atoms with van der Waals surface area (Å²) in [5.74, 6) is -1.53. The van der Waals surface area contributed by atoms with Gasteiger partial charge >= 0.3 is 5.97 Å². The molecule has 4 nitrogen and oxygen atoms in total. The Morgan fingerprint density at radius 1 is 1.14 bits per heavy atom. The van der Waals surface area contributed by atoms with E-state index in [2.05, 4.69) is 4.90 Å². The van der Waals surface area contributed by atoms with Crippen molar-refractivity contribution in [3.8, 4) is 0 Å². The molecule has 2 fully saturated rings. The van der Waals surface area contributed by atoms with Crippen molar-refractivity contribution in [2.45, 2.75) is 31.7 Å². The predicted molar refractivity (Wildman–Crippen MR) is 79.4 cm³/mol. The highest BCUT2D eigenvalue weighted by Crippen LogP contribution is 2.27. The van der Waals surface area contributed by atoms with Crippen molar-refractivity contribution in [1.29, 1.82) is 0 Å². The van der Waals surface area contributed by atoms with Gasteiger partial charge in [0, 0.05) is 32.2 Å². The summed E-state index contributed by atoms with van der Waals surface area (Å²) in [4.78, 5) is 15.4. The van der Waals surface area contributed by atoms with Crippen molar-refractivity contribution in [3.63, 3.8) is 0 Å². The molecule has 1 saturated carbocycles. The van der Waals surface area contributed by atoms with Gasteiger partial charge in [-0.1, -0.05) is 12.8 Å². The lowest BCUT2D eigenvalue weighted by Crippen LogP contribution is -2.50.